The predicted molar refractivity (Wildman–Crippen MR) is 97.9 cm³/mol. The van der Waals surface area contributed by atoms with E-state index in [-0.39, 0.29) is 37.1 Å². The Morgan fingerprint density at radius 1 is 1.34 bits per heavy atom. The number of halogens is 3. The summed E-state index contributed by atoms with van der Waals surface area (Å²) in [6.45, 7) is 4.25. The van der Waals surface area contributed by atoms with E-state index in [0.29, 0.717) is 31.3 Å². The summed E-state index contributed by atoms with van der Waals surface area (Å²) >= 11 is 0. The molecule has 2 unspecified atom stereocenters. The molecule has 4 rings (SSSR count). The van der Waals surface area contributed by atoms with Crippen molar-refractivity contribution in [1.29, 1.82) is 0 Å². The molecule has 1 fully saturated rings. The normalized spacial score (nSPS) is 25.2. The Morgan fingerprint density at radius 2 is 2.14 bits per heavy atom. The Morgan fingerprint density at radius 3 is 2.79 bits per heavy atom. The molecule has 4 heterocycles. The molecule has 158 valence electrons. The number of hydrogen-bond acceptors (Lipinski definition) is 7. The second-order valence-electron chi connectivity index (χ2n) is 7.62. The molecule has 0 saturated carbocycles. The van der Waals surface area contributed by atoms with Gasteiger partial charge >= 0.3 is 6.18 Å². The van der Waals surface area contributed by atoms with Crippen LogP contribution in [-0.2, 0) is 17.8 Å². The smallest absolute Gasteiger partial charge is 0.377 e. The molecule has 0 aromatic carbocycles. The van der Waals surface area contributed by atoms with Crippen molar-refractivity contribution in [2.45, 2.75) is 51.1 Å². The molecule has 0 aliphatic carbocycles. The maximum Gasteiger partial charge on any atom is 0.411 e. The molecule has 0 radical (unpaired) electrons. The zero-order valence-electron chi connectivity index (χ0n) is 16.1. The summed E-state index contributed by atoms with van der Waals surface area (Å²) in [5.41, 5.74) is -2.24. The molecule has 0 amide bonds. The number of aromatic nitrogens is 3. The van der Waals surface area contributed by atoms with Gasteiger partial charge in [-0.3, -0.25) is 9.36 Å². The monoisotopic (exact) mass is 413 g/mol. The van der Waals surface area contributed by atoms with Crippen molar-refractivity contribution < 1.29 is 22.4 Å². The highest BCUT2D eigenvalue weighted by Gasteiger charge is 2.57. The average molecular weight is 413 g/mol. The molecule has 2 aromatic heterocycles. The fraction of sp³-hybridized carbons (Fsp3) is 0.611. The molecule has 1 saturated heterocycles. The van der Waals surface area contributed by atoms with E-state index in [1.165, 1.54) is 23.0 Å². The molecule has 29 heavy (non-hydrogen) atoms. The standard InChI is InChI=1S/C18H22F3N5O3/c1-12-11-28-8-6-24(12)14-9-15(27)25-5-4-17(2,18(19,20)21)26(16(25)22-14)10-13-3-7-29-23-13/h3,7,9,12H,4-6,8,10-11H2,1-2H3. The fourth-order valence-electron chi connectivity index (χ4n) is 3.82. The summed E-state index contributed by atoms with van der Waals surface area (Å²) < 4.78 is 53.8. The van der Waals surface area contributed by atoms with E-state index in [4.69, 9.17) is 9.26 Å². The molecule has 0 N–H and O–H groups in total. The van der Waals surface area contributed by atoms with Gasteiger partial charge in [0, 0.05) is 25.2 Å². The lowest BCUT2D eigenvalue weighted by atomic mass is 9.92. The Balaban J connectivity index is 1.83. The highest BCUT2D eigenvalue weighted by Crippen LogP contribution is 2.43. The van der Waals surface area contributed by atoms with Gasteiger partial charge < -0.3 is 19.1 Å². The number of nitrogens with zero attached hydrogens (tertiary/aromatic N) is 5. The molecule has 2 aromatic rings. The SMILES string of the molecule is CC1COCCN1c1cc(=O)n2c(n1)N(Cc1ccon1)C(C)(C(F)(F)F)CC2. The van der Waals surface area contributed by atoms with Gasteiger partial charge in [-0.1, -0.05) is 5.16 Å². The van der Waals surface area contributed by atoms with Crippen LogP contribution >= 0.6 is 0 Å². The predicted octanol–water partition coefficient (Wildman–Crippen LogP) is 2.19. The summed E-state index contributed by atoms with van der Waals surface area (Å²) in [5.74, 6) is 0.342. The van der Waals surface area contributed by atoms with Gasteiger partial charge in [-0.25, -0.2) is 0 Å². The summed E-state index contributed by atoms with van der Waals surface area (Å²) in [6, 6.07) is 2.85. The van der Waals surface area contributed by atoms with Crippen LogP contribution in [0, 0.1) is 0 Å². The minimum absolute atomic E-state index is 0.0136. The first-order chi connectivity index (χ1) is 13.7. The number of rotatable bonds is 3. The van der Waals surface area contributed by atoms with Crippen LogP contribution in [0.5, 0.6) is 0 Å². The van der Waals surface area contributed by atoms with Gasteiger partial charge in [0.05, 0.1) is 25.8 Å². The third-order valence-corrected chi connectivity index (χ3v) is 5.72. The minimum atomic E-state index is -4.53. The molecular weight excluding hydrogens is 391 g/mol. The van der Waals surface area contributed by atoms with E-state index < -0.39 is 11.7 Å². The van der Waals surface area contributed by atoms with Gasteiger partial charge in [0.2, 0.25) is 5.95 Å². The maximum atomic E-state index is 14.1. The Bertz CT molecular complexity index is 930. The van der Waals surface area contributed by atoms with Gasteiger partial charge in [0.25, 0.3) is 5.56 Å². The minimum Gasteiger partial charge on any atom is -0.377 e. The van der Waals surface area contributed by atoms with Crippen LogP contribution in [0.1, 0.15) is 26.0 Å². The average Bonchev–Trinajstić information content (AvgIpc) is 3.17. The van der Waals surface area contributed by atoms with Crippen LogP contribution in [0.25, 0.3) is 0 Å². The van der Waals surface area contributed by atoms with E-state index in [0.717, 1.165) is 11.8 Å². The lowest BCUT2D eigenvalue weighted by molar-refractivity contribution is -0.187. The van der Waals surface area contributed by atoms with Crippen LogP contribution in [0.15, 0.2) is 27.7 Å². The van der Waals surface area contributed by atoms with Crippen molar-refractivity contribution in [1.82, 2.24) is 14.7 Å². The van der Waals surface area contributed by atoms with Crippen LogP contribution < -0.4 is 15.4 Å². The molecular formula is C18H22F3N5O3. The lowest BCUT2D eigenvalue weighted by Crippen LogP contribution is -2.61. The topological polar surface area (TPSA) is 76.6 Å². The fourth-order valence-corrected chi connectivity index (χ4v) is 3.82. The second kappa shape index (κ2) is 7.05. The van der Waals surface area contributed by atoms with Crippen molar-refractivity contribution in [2.24, 2.45) is 0 Å². The van der Waals surface area contributed by atoms with E-state index in [1.807, 2.05) is 11.8 Å². The van der Waals surface area contributed by atoms with Gasteiger partial charge in [0.15, 0.2) is 0 Å². The van der Waals surface area contributed by atoms with Crippen LogP contribution in [-0.4, -0.2) is 52.2 Å². The van der Waals surface area contributed by atoms with Crippen LogP contribution in [0.3, 0.4) is 0 Å². The Hall–Kier alpha value is -2.56. The van der Waals surface area contributed by atoms with Gasteiger partial charge in [-0.05, 0) is 20.3 Å². The highest BCUT2D eigenvalue weighted by atomic mass is 19.4. The number of alkyl halides is 3. The number of anilines is 2. The number of fused-ring (bicyclic) bond motifs is 1. The van der Waals surface area contributed by atoms with Crippen molar-refractivity contribution >= 4 is 11.8 Å². The van der Waals surface area contributed by atoms with Crippen LogP contribution in [0.4, 0.5) is 24.9 Å². The second-order valence-corrected chi connectivity index (χ2v) is 7.62. The molecule has 2 aliphatic heterocycles. The van der Waals surface area contributed by atoms with E-state index in [1.54, 1.807) is 0 Å². The van der Waals surface area contributed by atoms with Gasteiger partial charge in [-0.2, -0.15) is 18.2 Å². The van der Waals surface area contributed by atoms with E-state index in [2.05, 4.69) is 10.1 Å². The summed E-state index contributed by atoms with van der Waals surface area (Å²) in [4.78, 5) is 20.3. The van der Waals surface area contributed by atoms with Crippen LogP contribution in [0.2, 0.25) is 0 Å². The third-order valence-electron chi connectivity index (χ3n) is 5.72. The molecule has 2 aliphatic rings. The van der Waals surface area contributed by atoms with E-state index in [9.17, 15) is 18.0 Å². The number of hydrogen-bond donors (Lipinski definition) is 0. The Labute approximate surface area is 164 Å². The first-order valence-electron chi connectivity index (χ1n) is 9.40. The zero-order chi connectivity index (χ0) is 20.8. The molecule has 0 spiro atoms. The number of ether oxygens (including phenoxy) is 1. The lowest BCUT2D eigenvalue weighted by Gasteiger charge is -2.47. The quantitative estimate of drug-likeness (QED) is 0.763. The van der Waals surface area contributed by atoms with E-state index >= 15 is 0 Å². The summed E-state index contributed by atoms with van der Waals surface area (Å²) in [7, 11) is 0. The van der Waals surface area contributed by atoms with Gasteiger partial charge in [0.1, 0.15) is 23.3 Å². The van der Waals surface area contributed by atoms with Crippen molar-refractivity contribution in [2.75, 3.05) is 29.6 Å². The first kappa shape index (κ1) is 19.7. The van der Waals surface area contributed by atoms with Crippen molar-refractivity contribution in [3.63, 3.8) is 0 Å². The number of morpholine rings is 1. The summed E-state index contributed by atoms with van der Waals surface area (Å²) in [6.07, 6.45) is -3.49. The Kier molecular flexibility index (Phi) is 4.80. The maximum absolute atomic E-state index is 14.1. The highest BCUT2D eigenvalue weighted by molar-refractivity contribution is 5.49. The summed E-state index contributed by atoms with van der Waals surface area (Å²) in [5, 5.41) is 3.75. The van der Waals surface area contributed by atoms with Crippen molar-refractivity contribution in [3.05, 3.63) is 34.4 Å². The molecule has 0 bridgehead atoms. The van der Waals surface area contributed by atoms with Crippen molar-refractivity contribution in [3.8, 4) is 0 Å². The zero-order valence-corrected chi connectivity index (χ0v) is 16.1. The first-order valence-corrected chi connectivity index (χ1v) is 9.40. The molecule has 11 heteroatoms. The largest absolute Gasteiger partial charge is 0.411 e. The third kappa shape index (κ3) is 3.37. The molecule has 2 atom stereocenters. The molecule has 8 nitrogen and oxygen atoms in total. The van der Waals surface area contributed by atoms with Gasteiger partial charge in [-0.15, -0.1) is 0 Å².